The second-order valence-corrected chi connectivity index (χ2v) is 7.58. The summed E-state index contributed by atoms with van der Waals surface area (Å²) in [4.78, 5) is 2.58. The van der Waals surface area contributed by atoms with Crippen LogP contribution >= 0.6 is 0 Å². The zero-order chi connectivity index (χ0) is 15.2. The minimum absolute atomic E-state index is 0.307. The number of hydrogen-bond acceptors (Lipinski definition) is 3. The topological polar surface area (TPSA) is 35.5 Å². The molecule has 0 radical (unpaired) electrons. The molecule has 2 aliphatic rings. The molecule has 124 valence electrons. The molecule has 2 aliphatic carbocycles. The van der Waals surface area contributed by atoms with Crippen LogP contribution in [0.3, 0.4) is 0 Å². The van der Waals surface area contributed by atoms with E-state index in [1.165, 1.54) is 45.1 Å². The maximum absolute atomic E-state index is 9.39. The normalized spacial score (nSPS) is 34.1. The molecule has 4 unspecified atom stereocenters. The lowest BCUT2D eigenvalue weighted by Gasteiger charge is -2.45. The van der Waals surface area contributed by atoms with E-state index in [9.17, 15) is 5.11 Å². The highest BCUT2D eigenvalue weighted by Gasteiger charge is 2.36. The van der Waals surface area contributed by atoms with Crippen LogP contribution in [0.4, 0.5) is 0 Å². The van der Waals surface area contributed by atoms with Gasteiger partial charge in [-0.05, 0) is 56.4 Å². The first-order valence-electron chi connectivity index (χ1n) is 9.24. The van der Waals surface area contributed by atoms with Crippen LogP contribution in [0.15, 0.2) is 0 Å². The highest BCUT2D eigenvalue weighted by molar-refractivity contribution is 4.91. The van der Waals surface area contributed by atoms with Gasteiger partial charge in [0.05, 0.1) is 6.61 Å². The Balaban J connectivity index is 1.97. The molecule has 2 N–H and O–H groups in total. The van der Waals surface area contributed by atoms with Crippen molar-refractivity contribution >= 4 is 0 Å². The Morgan fingerprint density at radius 1 is 1.19 bits per heavy atom. The Morgan fingerprint density at radius 2 is 1.95 bits per heavy atom. The molecule has 0 amide bonds. The lowest BCUT2D eigenvalue weighted by atomic mass is 9.71. The summed E-state index contributed by atoms with van der Waals surface area (Å²) in [5.74, 6) is 2.39. The second-order valence-electron chi connectivity index (χ2n) is 7.58. The van der Waals surface area contributed by atoms with Crippen LogP contribution in [0.2, 0.25) is 0 Å². The molecular formula is C18H36N2O. The van der Waals surface area contributed by atoms with Gasteiger partial charge in [0.25, 0.3) is 0 Å². The Bertz CT molecular complexity index is 293. The molecule has 2 saturated carbocycles. The van der Waals surface area contributed by atoms with E-state index in [0.29, 0.717) is 12.6 Å². The number of nitrogens with one attached hydrogen (secondary N) is 1. The third-order valence-electron chi connectivity index (χ3n) is 5.76. The summed E-state index contributed by atoms with van der Waals surface area (Å²) in [5.41, 5.74) is 0. The molecule has 3 heteroatoms. The highest BCUT2D eigenvalue weighted by Crippen LogP contribution is 2.36. The van der Waals surface area contributed by atoms with Crippen molar-refractivity contribution in [1.29, 1.82) is 0 Å². The van der Waals surface area contributed by atoms with Gasteiger partial charge in [-0.1, -0.05) is 27.2 Å². The van der Waals surface area contributed by atoms with Gasteiger partial charge in [0.1, 0.15) is 0 Å². The van der Waals surface area contributed by atoms with Crippen LogP contribution in [0.5, 0.6) is 0 Å². The Morgan fingerprint density at radius 3 is 2.52 bits per heavy atom. The van der Waals surface area contributed by atoms with Gasteiger partial charge < -0.3 is 10.4 Å². The molecule has 0 saturated heterocycles. The van der Waals surface area contributed by atoms with Gasteiger partial charge in [-0.15, -0.1) is 0 Å². The van der Waals surface area contributed by atoms with E-state index in [2.05, 4.69) is 31.0 Å². The van der Waals surface area contributed by atoms with Gasteiger partial charge in [-0.2, -0.15) is 0 Å². The smallest absolute Gasteiger partial charge is 0.0558 e. The summed E-state index contributed by atoms with van der Waals surface area (Å²) in [6, 6.07) is 1.42. The molecule has 2 rings (SSSR count). The van der Waals surface area contributed by atoms with Crippen LogP contribution in [0.1, 0.15) is 59.3 Å². The van der Waals surface area contributed by atoms with Crippen molar-refractivity contribution < 1.29 is 5.11 Å². The summed E-state index contributed by atoms with van der Waals surface area (Å²) in [6.07, 6.45) is 7.96. The SMILES string of the molecule is CCCNC1CC(C)CC(C)C1CN(CCO)C1CCC1. The predicted octanol–water partition coefficient (Wildman–Crippen LogP) is 2.88. The van der Waals surface area contributed by atoms with E-state index in [1.807, 2.05) is 0 Å². The van der Waals surface area contributed by atoms with Crippen molar-refractivity contribution in [3.05, 3.63) is 0 Å². The van der Waals surface area contributed by atoms with E-state index in [1.54, 1.807) is 0 Å². The van der Waals surface area contributed by atoms with E-state index in [-0.39, 0.29) is 0 Å². The third kappa shape index (κ3) is 4.67. The number of nitrogens with zero attached hydrogens (tertiary/aromatic N) is 1. The van der Waals surface area contributed by atoms with Crippen LogP contribution in [-0.4, -0.2) is 48.3 Å². The summed E-state index contributed by atoms with van der Waals surface area (Å²) in [6.45, 7) is 10.6. The first-order chi connectivity index (χ1) is 10.2. The Hall–Kier alpha value is -0.120. The molecule has 2 fully saturated rings. The standard InChI is InChI=1S/C18H36N2O/c1-4-8-19-18-12-14(2)11-15(3)17(18)13-20(9-10-21)16-6-5-7-16/h14-19,21H,4-13H2,1-3H3. The maximum atomic E-state index is 9.39. The van der Waals surface area contributed by atoms with Crippen molar-refractivity contribution in [2.45, 2.75) is 71.4 Å². The monoisotopic (exact) mass is 296 g/mol. The van der Waals surface area contributed by atoms with E-state index < -0.39 is 0 Å². The maximum Gasteiger partial charge on any atom is 0.0558 e. The van der Waals surface area contributed by atoms with Crippen molar-refractivity contribution in [3.8, 4) is 0 Å². The van der Waals surface area contributed by atoms with Crippen molar-refractivity contribution in [1.82, 2.24) is 10.2 Å². The number of hydrogen-bond donors (Lipinski definition) is 2. The number of aliphatic hydroxyl groups is 1. The fraction of sp³-hybridized carbons (Fsp3) is 1.00. The first kappa shape index (κ1) is 17.2. The van der Waals surface area contributed by atoms with Gasteiger partial charge in [0, 0.05) is 25.2 Å². The summed E-state index contributed by atoms with van der Waals surface area (Å²) in [7, 11) is 0. The third-order valence-corrected chi connectivity index (χ3v) is 5.76. The molecule has 0 aliphatic heterocycles. The average Bonchev–Trinajstić information content (AvgIpc) is 2.37. The van der Waals surface area contributed by atoms with E-state index in [0.717, 1.165) is 36.9 Å². The molecule has 0 heterocycles. The number of aliphatic hydroxyl groups excluding tert-OH is 1. The lowest BCUT2D eigenvalue weighted by molar-refractivity contribution is 0.0437. The van der Waals surface area contributed by atoms with Crippen LogP contribution in [0, 0.1) is 17.8 Å². The van der Waals surface area contributed by atoms with Gasteiger partial charge in [0.2, 0.25) is 0 Å². The molecular weight excluding hydrogens is 260 g/mol. The highest BCUT2D eigenvalue weighted by atomic mass is 16.3. The fourth-order valence-corrected chi connectivity index (χ4v) is 4.36. The van der Waals surface area contributed by atoms with Gasteiger partial charge in [-0.3, -0.25) is 4.90 Å². The summed E-state index contributed by atoms with van der Waals surface area (Å²) >= 11 is 0. The average molecular weight is 296 g/mol. The predicted molar refractivity (Wildman–Crippen MR) is 89.4 cm³/mol. The minimum Gasteiger partial charge on any atom is -0.395 e. The number of rotatable bonds is 8. The molecule has 0 spiro atoms. The first-order valence-corrected chi connectivity index (χ1v) is 9.24. The Labute approximate surface area is 131 Å². The molecule has 21 heavy (non-hydrogen) atoms. The van der Waals surface area contributed by atoms with Crippen molar-refractivity contribution in [3.63, 3.8) is 0 Å². The quantitative estimate of drug-likeness (QED) is 0.723. The van der Waals surface area contributed by atoms with Crippen LogP contribution in [-0.2, 0) is 0 Å². The fourth-order valence-electron chi connectivity index (χ4n) is 4.36. The molecule has 4 atom stereocenters. The van der Waals surface area contributed by atoms with Gasteiger partial charge in [-0.25, -0.2) is 0 Å². The molecule has 0 aromatic rings. The van der Waals surface area contributed by atoms with Crippen LogP contribution < -0.4 is 5.32 Å². The van der Waals surface area contributed by atoms with Gasteiger partial charge >= 0.3 is 0 Å². The molecule has 3 nitrogen and oxygen atoms in total. The lowest BCUT2D eigenvalue weighted by Crippen LogP contribution is -2.52. The van der Waals surface area contributed by atoms with E-state index >= 15 is 0 Å². The molecule has 0 aromatic carbocycles. The van der Waals surface area contributed by atoms with Crippen molar-refractivity contribution in [2.24, 2.45) is 17.8 Å². The van der Waals surface area contributed by atoms with E-state index in [4.69, 9.17) is 0 Å². The minimum atomic E-state index is 0.307. The van der Waals surface area contributed by atoms with Gasteiger partial charge in [0.15, 0.2) is 0 Å². The largest absolute Gasteiger partial charge is 0.395 e. The zero-order valence-electron chi connectivity index (χ0n) is 14.4. The summed E-state index contributed by atoms with van der Waals surface area (Å²) < 4.78 is 0. The van der Waals surface area contributed by atoms with Crippen molar-refractivity contribution in [2.75, 3.05) is 26.2 Å². The summed E-state index contributed by atoms with van der Waals surface area (Å²) in [5, 5.41) is 13.2. The zero-order valence-corrected chi connectivity index (χ0v) is 14.4. The molecule has 0 aromatic heterocycles. The van der Waals surface area contributed by atoms with Crippen LogP contribution in [0.25, 0.3) is 0 Å². The second kappa shape index (κ2) is 8.50. The molecule has 0 bridgehead atoms. The Kier molecular flexibility index (Phi) is 6.97.